The summed E-state index contributed by atoms with van der Waals surface area (Å²) in [5.41, 5.74) is 0. The monoisotopic (exact) mass is 624 g/mol. The zero-order chi connectivity index (χ0) is 32.4. The fourth-order valence-corrected chi connectivity index (χ4v) is 5.93. The van der Waals surface area contributed by atoms with Gasteiger partial charge in [0.15, 0.2) is 0 Å². The fraction of sp³-hybridized carbons (Fsp3) is 0.921. The molecule has 260 valence electrons. The molecule has 44 heavy (non-hydrogen) atoms. The summed E-state index contributed by atoms with van der Waals surface area (Å²) < 4.78 is 6.00. The molecule has 0 saturated heterocycles. The number of hydrogen-bond acceptors (Lipinski definition) is 4. The summed E-state index contributed by atoms with van der Waals surface area (Å²) in [5, 5.41) is 11.1. The molecule has 2 N–H and O–H groups in total. The highest BCUT2D eigenvalue weighted by Gasteiger charge is 2.14. The Bertz CT molecular complexity index is 653. The Hall–Kier alpha value is -1.59. The van der Waals surface area contributed by atoms with Gasteiger partial charge in [0.05, 0.1) is 0 Å². The standard InChI is InChI=1S/C38H73NO5/c1-3-5-7-9-11-13-14-15-16-18-19-22-26-30-35(31-27-23-21-24-28-32-36(40)39-34-37(41)42)44-38(43)33-29-25-20-17-12-10-8-6-4-2/h35H,3-34H2,1-2H3,(H,39,40)(H,41,42). The van der Waals surface area contributed by atoms with Crippen molar-refractivity contribution >= 4 is 17.8 Å². The molecule has 1 amide bonds. The molecule has 0 aromatic rings. The molecule has 0 aliphatic carbocycles. The van der Waals surface area contributed by atoms with Crippen molar-refractivity contribution in [1.29, 1.82) is 0 Å². The van der Waals surface area contributed by atoms with E-state index in [1.807, 2.05) is 0 Å². The van der Waals surface area contributed by atoms with E-state index >= 15 is 0 Å². The van der Waals surface area contributed by atoms with Gasteiger partial charge in [0.25, 0.3) is 0 Å². The van der Waals surface area contributed by atoms with E-state index in [4.69, 9.17) is 9.84 Å². The predicted molar refractivity (Wildman–Crippen MR) is 185 cm³/mol. The Morgan fingerprint density at radius 2 is 0.841 bits per heavy atom. The van der Waals surface area contributed by atoms with Crippen molar-refractivity contribution in [2.45, 2.75) is 219 Å². The van der Waals surface area contributed by atoms with Crippen LogP contribution in [0.25, 0.3) is 0 Å². The maximum Gasteiger partial charge on any atom is 0.322 e. The number of carbonyl (C=O) groups is 3. The zero-order valence-electron chi connectivity index (χ0n) is 29.3. The molecule has 6 heteroatoms. The highest BCUT2D eigenvalue weighted by molar-refractivity contribution is 5.80. The number of carbonyl (C=O) groups excluding carboxylic acids is 2. The lowest BCUT2D eigenvalue weighted by Crippen LogP contribution is -2.28. The lowest BCUT2D eigenvalue weighted by atomic mass is 10.0. The van der Waals surface area contributed by atoms with Gasteiger partial charge < -0.3 is 15.2 Å². The summed E-state index contributed by atoms with van der Waals surface area (Å²) in [6, 6.07) is 0. The van der Waals surface area contributed by atoms with Crippen LogP contribution in [0.5, 0.6) is 0 Å². The summed E-state index contributed by atoms with van der Waals surface area (Å²) in [6.07, 6.45) is 36.5. The molecule has 0 aromatic heterocycles. The fourth-order valence-electron chi connectivity index (χ4n) is 5.93. The van der Waals surface area contributed by atoms with Gasteiger partial charge in [-0.15, -0.1) is 0 Å². The van der Waals surface area contributed by atoms with Crippen molar-refractivity contribution < 1.29 is 24.2 Å². The number of amides is 1. The van der Waals surface area contributed by atoms with Gasteiger partial charge in [-0.1, -0.05) is 162 Å². The van der Waals surface area contributed by atoms with E-state index in [0.717, 1.165) is 64.2 Å². The molecule has 0 radical (unpaired) electrons. The Morgan fingerprint density at radius 1 is 0.500 bits per heavy atom. The number of unbranched alkanes of at least 4 members (excludes halogenated alkanes) is 24. The SMILES string of the molecule is CCCCCCCCCCCCCCCC(CCCCCCCC(=O)NCC(=O)O)OC(=O)CCCCCCCCCCC. The molecular weight excluding hydrogens is 550 g/mol. The van der Waals surface area contributed by atoms with Crippen LogP contribution in [0.1, 0.15) is 213 Å². The minimum absolute atomic E-state index is 0.0139. The average molecular weight is 624 g/mol. The normalized spacial score (nSPS) is 11.9. The summed E-state index contributed by atoms with van der Waals surface area (Å²) in [4.78, 5) is 34.8. The van der Waals surface area contributed by atoms with Gasteiger partial charge in [-0.05, 0) is 38.5 Å². The molecular formula is C38H73NO5. The molecule has 0 saturated carbocycles. The van der Waals surface area contributed by atoms with Crippen LogP contribution in [0.15, 0.2) is 0 Å². The third-order valence-corrected chi connectivity index (χ3v) is 8.78. The Labute approximate surface area is 272 Å². The van der Waals surface area contributed by atoms with Crippen LogP contribution in [0.2, 0.25) is 0 Å². The summed E-state index contributed by atoms with van der Waals surface area (Å²) in [5.74, 6) is -1.22. The van der Waals surface area contributed by atoms with Gasteiger partial charge in [-0.25, -0.2) is 0 Å². The van der Waals surface area contributed by atoms with E-state index in [0.29, 0.717) is 12.8 Å². The molecule has 1 atom stereocenters. The second kappa shape index (κ2) is 34.3. The lowest BCUT2D eigenvalue weighted by Gasteiger charge is -2.18. The van der Waals surface area contributed by atoms with Gasteiger partial charge in [0.2, 0.25) is 5.91 Å². The quantitative estimate of drug-likeness (QED) is 0.0541. The van der Waals surface area contributed by atoms with Crippen LogP contribution >= 0.6 is 0 Å². The summed E-state index contributed by atoms with van der Waals surface area (Å²) in [6.45, 7) is 4.22. The smallest absolute Gasteiger partial charge is 0.322 e. The van der Waals surface area contributed by atoms with E-state index in [1.165, 1.54) is 122 Å². The van der Waals surface area contributed by atoms with Gasteiger partial charge >= 0.3 is 11.9 Å². The van der Waals surface area contributed by atoms with Crippen LogP contribution in [-0.4, -0.2) is 35.6 Å². The number of nitrogens with one attached hydrogen (secondary N) is 1. The van der Waals surface area contributed by atoms with Crippen molar-refractivity contribution in [2.24, 2.45) is 0 Å². The van der Waals surface area contributed by atoms with E-state index in [2.05, 4.69) is 19.2 Å². The molecule has 0 aromatic carbocycles. The zero-order valence-corrected chi connectivity index (χ0v) is 29.3. The number of esters is 1. The first-order valence-electron chi connectivity index (χ1n) is 19.2. The van der Waals surface area contributed by atoms with Gasteiger partial charge in [0.1, 0.15) is 12.6 Å². The largest absolute Gasteiger partial charge is 0.480 e. The van der Waals surface area contributed by atoms with E-state index in [1.54, 1.807) is 0 Å². The molecule has 0 fully saturated rings. The Morgan fingerprint density at radius 3 is 1.23 bits per heavy atom. The maximum atomic E-state index is 12.6. The van der Waals surface area contributed by atoms with Crippen LogP contribution in [-0.2, 0) is 19.1 Å². The molecule has 0 bridgehead atoms. The lowest BCUT2D eigenvalue weighted by molar-refractivity contribution is -0.150. The van der Waals surface area contributed by atoms with E-state index in [9.17, 15) is 14.4 Å². The van der Waals surface area contributed by atoms with E-state index < -0.39 is 5.97 Å². The summed E-state index contributed by atoms with van der Waals surface area (Å²) >= 11 is 0. The Balaban J connectivity index is 4.14. The third kappa shape index (κ3) is 33.3. The second-order valence-electron chi connectivity index (χ2n) is 13.2. The van der Waals surface area contributed by atoms with Gasteiger partial charge in [-0.2, -0.15) is 0 Å². The number of hydrogen-bond donors (Lipinski definition) is 2. The predicted octanol–water partition coefficient (Wildman–Crippen LogP) is 11.2. The van der Waals surface area contributed by atoms with Crippen LogP contribution in [0.4, 0.5) is 0 Å². The molecule has 0 spiro atoms. The molecule has 0 heterocycles. The average Bonchev–Trinajstić information content (AvgIpc) is 3.00. The van der Waals surface area contributed by atoms with Crippen molar-refractivity contribution in [2.75, 3.05) is 6.54 Å². The van der Waals surface area contributed by atoms with Crippen molar-refractivity contribution in [3.8, 4) is 0 Å². The second-order valence-corrected chi connectivity index (χ2v) is 13.2. The maximum absolute atomic E-state index is 12.6. The topological polar surface area (TPSA) is 92.7 Å². The van der Waals surface area contributed by atoms with Crippen molar-refractivity contribution in [3.05, 3.63) is 0 Å². The van der Waals surface area contributed by atoms with Gasteiger partial charge in [-0.3, -0.25) is 14.4 Å². The van der Waals surface area contributed by atoms with Crippen LogP contribution < -0.4 is 5.32 Å². The van der Waals surface area contributed by atoms with E-state index in [-0.39, 0.29) is 24.5 Å². The van der Waals surface area contributed by atoms with Crippen molar-refractivity contribution in [3.63, 3.8) is 0 Å². The molecule has 0 rings (SSSR count). The number of aliphatic carboxylic acids is 1. The van der Waals surface area contributed by atoms with Crippen molar-refractivity contribution in [1.82, 2.24) is 5.32 Å². The molecule has 0 aliphatic rings. The first-order chi connectivity index (χ1) is 21.5. The van der Waals surface area contributed by atoms with Crippen LogP contribution in [0.3, 0.4) is 0 Å². The number of carboxylic acids is 1. The number of carboxylic acid groups (broad SMARTS) is 1. The number of rotatable bonds is 35. The van der Waals surface area contributed by atoms with Crippen LogP contribution in [0, 0.1) is 0 Å². The molecule has 6 nitrogen and oxygen atoms in total. The highest BCUT2D eigenvalue weighted by atomic mass is 16.5. The number of ether oxygens (including phenoxy) is 1. The highest BCUT2D eigenvalue weighted by Crippen LogP contribution is 2.19. The van der Waals surface area contributed by atoms with Gasteiger partial charge in [0, 0.05) is 12.8 Å². The Kier molecular flexibility index (Phi) is 33.0. The minimum Gasteiger partial charge on any atom is -0.480 e. The first kappa shape index (κ1) is 42.4. The minimum atomic E-state index is -1.01. The molecule has 0 aliphatic heterocycles. The summed E-state index contributed by atoms with van der Waals surface area (Å²) in [7, 11) is 0. The first-order valence-corrected chi connectivity index (χ1v) is 19.2. The molecule has 1 unspecified atom stereocenters. The third-order valence-electron chi connectivity index (χ3n) is 8.78.